The maximum atomic E-state index is 6.15. The second kappa shape index (κ2) is 10.3. The molecule has 6 aromatic rings. The smallest absolute Gasteiger partial charge is 0.180 e. The van der Waals surface area contributed by atoms with Gasteiger partial charge < -0.3 is 9.30 Å². The minimum absolute atomic E-state index is 0.581. The maximum absolute atomic E-state index is 6.15. The number of ether oxygens (including phenoxy) is 1. The van der Waals surface area contributed by atoms with E-state index >= 15 is 0 Å². The molecule has 3 heterocycles. The van der Waals surface area contributed by atoms with Crippen LogP contribution in [0, 0.1) is 13.8 Å². The van der Waals surface area contributed by atoms with E-state index in [0.29, 0.717) is 28.9 Å². The van der Waals surface area contributed by atoms with E-state index in [4.69, 9.17) is 26.3 Å². The third-order valence-electron chi connectivity index (χ3n) is 6.65. The highest BCUT2D eigenvalue weighted by molar-refractivity contribution is 6.30. The van der Waals surface area contributed by atoms with Gasteiger partial charge in [-0.25, -0.2) is 15.1 Å². The van der Waals surface area contributed by atoms with Crippen LogP contribution in [-0.4, -0.2) is 35.2 Å². The molecule has 9 heteroatoms. The predicted octanol–water partition coefficient (Wildman–Crippen LogP) is 6.95. The number of hydrogen-bond donors (Lipinski definition) is 1. The summed E-state index contributed by atoms with van der Waals surface area (Å²) in [5, 5.41) is 15.1. The number of nitrogens with zero attached hydrogens (tertiary/aromatic N) is 6. The lowest BCUT2D eigenvalue weighted by Gasteiger charge is -2.13. The van der Waals surface area contributed by atoms with E-state index in [-0.39, 0.29) is 0 Å². The first-order valence-corrected chi connectivity index (χ1v) is 13.1. The molecule has 0 amide bonds. The number of nitrogens with one attached hydrogen (secondary N) is 1. The molecule has 3 aromatic carbocycles. The van der Waals surface area contributed by atoms with E-state index in [2.05, 4.69) is 69.4 Å². The van der Waals surface area contributed by atoms with E-state index < -0.39 is 0 Å². The Balaban J connectivity index is 1.36. The van der Waals surface area contributed by atoms with E-state index in [1.807, 2.05) is 43.3 Å². The molecule has 0 aliphatic carbocycles. The molecule has 0 saturated heterocycles. The molecule has 194 valence electrons. The summed E-state index contributed by atoms with van der Waals surface area (Å²) in [7, 11) is 0. The lowest BCUT2D eigenvalue weighted by Crippen LogP contribution is -2.05. The average Bonchev–Trinajstić information content (AvgIpc) is 3.58. The van der Waals surface area contributed by atoms with Crippen molar-refractivity contribution in [2.75, 3.05) is 0 Å². The van der Waals surface area contributed by atoms with Crippen LogP contribution in [0.2, 0.25) is 5.02 Å². The van der Waals surface area contributed by atoms with Crippen LogP contribution in [0.5, 0.6) is 11.5 Å². The zero-order chi connectivity index (χ0) is 26.9. The molecule has 39 heavy (non-hydrogen) atoms. The molecule has 0 aliphatic heterocycles. The number of pyridine rings is 1. The van der Waals surface area contributed by atoms with Gasteiger partial charge >= 0.3 is 0 Å². The van der Waals surface area contributed by atoms with Crippen LogP contribution in [-0.2, 0) is 13.0 Å². The number of tetrazole rings is 1. The minimum atomic E-state index is 0.581. The van der Waals surface area contributed by atoms with Crippen molar-refractivity contribution < 1.29 is 4.74 Å². The van der Waals surface area contributed by atoms with Crippen LogP contribution >= 0.6 is 11.6 Å². The molecule has 0 bridgehead atoms. The van der Waals surface area contributed by atoms with Gasteiger partial charge in [0.05, 0.1) is 6.54 Å². The average molecular weight is 536 g/mol. The Kier molecular flexibility index (Phi) is 6.54. The highest BCUT2D eigenvalue weighted by atomic mass is 35.5. The van der Waals surface area contributed by atoms with Crippen molar-refractivity contribution in [2.45, 2.75) is 33.7 Å². The zero-order valence-electron chi connectivity index (χ0n) is 21.8. The second-order valence-corrected chi connectivity index (χ2v) is 9.87. The minimum Gasteiger partial charge on any atom is -0.457 e. The molecule has 0 aliphatic rings. The van der Waals surface area contributed by atoms with Crippen molar-refractivity contribution >= 4 is 22.8 Å². The van der Waals surface area contributed by atoms with Gasteiger partial charge in [-0.3, -0.25) is 0 Å². The fourth-order valence-electron chi connectivity index (χ4n) is 4.83. The van der Waals surface area contributed by atoms with Gasteiger partial charge in [0.15, 0.2) is 11.5 Å². The van der Waals surface area contributed by atoms with E-state index in [9.17, 15) is 0 Å². The summed E-state index contributed by atoms with van der Waals surface area (Å²) in [6.45, 7) is 6.93. The molecule has 6 rings (SSSR count). The van der Waals surface area contributed by atoms with Crippen LogP contribution in [0.25, 0.3) is 33.7 Å². The summed E-state index contributed by atoms with van der Waals surface area (Å²) >= 11 is 6.15. The van der Waals surface area contributed by atoms with Gasteiger partial charge in [-0.05, 0) is 89.0 Å². The van der Waals surface area contributed by atoms with Gasteiger partial charge in [0.2, 0.25) is 0 Å². The lowest BCUT2D eigenvalue weighted by atomic mass is 9.97. The number of fused-ring (bicyclic) bond motifs is 1. The number of rotatable bonds is 7. The highest BCUT2D eigenvalue weighted by Crippen LogP contribution is 2.35. The normalized spacial score (nSPS) is 11.3. The van der Waals surface area contributed by atoms with E-state index in [1.54, 1.807) is 6.07 Å². The SMILES string of the molecule is CCc1nc2c(C)cc(C)nc2n1Cc1ccc(-c2cc(Oc3cccc(Cl)c3)ccc2-c2nnn[nH]2)cc1. The molecule has 3 aromatic heterocycles. The molecule has 0 saturated carbocycles. The molecule has 0 fully saturated rings. The topological polar surface area (TPSA) is 94.4 Å². The van der Waals surface area contributed by atoms with Crippen LogP contribution < -0.4 is 4.74 Å². The Bertz CT molecular complexity index is 1780. The van der Waals surface area contributed by atoms with Gasteiger partial charge in [0.1, 0.15) is 22.8 Å². The molecule has 0 spiro atoms. The largest absolute Gasteiger partial charge is 0.457 e. The van der Waals surface area contributed by atoms with Crippen molar-refractivity contribution in [3.05, 3.63) is 100 Å². The fraction of sp³-hybridized carbons (Fsp3) is 0.167. The summed E-state index contributed by atoms with van der Waals surface area (Å²) in [5.74, 6) is 2.96. The van der Waals surface area contributed by atoms with Crippen molar-refractivity contribution in [1.82, 2.24) is 35.2 Å². The summed E-state index contributed by atoms with van der Waals surface area (Å²) in [4.78, 5) is 9.69. The van der Waals surface area contributed by atoms with Crippen LogP contribution in [0.1, 0.15) is 29.6 Å². The van der Waals surface area contributed by atoms with Crippen molar-refractivity contribution in [1.29, 1.82) is 0 Å². The first-order chi connectivity index (χ1) is 19.0. The Morgan fingerprint density at radius 3 is 2.46 bits per heavy atom. The van der Waals surface area contributed by atoms with Gasteiger partial charge in [-0.15, -0.1) is 5.10 Å². The third-order valence-corrected chi connectivity index (χ3v) is 6.88. The van der Waals surface area contributed by atoms with Gasteiger partial charge in [0.25, 0.3) is 0 Å². The number of aromatic nitrogens is 7. The monoisotopic (exact) mass is 535 g/mol. The summed E-state index contributed by atoms with van der Waals surface area (Å²) in [5.41, 5.74) is 8.02. The second-order valence-electron chi connectivity index (χ2n) is 9.43. The zero-order valence-corrected chi connectivity index (χ0v) is 22.6. The number of halogens is 1. The number of imidazole rings is 1. The Hall–Kier alpha value is -4.56. The number of aromatic amines is 1. The predicted molar refractivity (Wildman–Crippen MR) is 152 cm³/mol. The molecule has 1 N–H and O–H groups in total. The molecule has 8 nitrogen and oxygen atoms in total. The lowest BCUT2D eigenvalue weighted by molar-refractivity contribution is 0.483. The van der Waals surface area contributed by atoms with Gasteiger partial charge in [-0.1, -0.05) is 48.9 Å². The molecular weight excluding hydrogens is 510 g/mol. The van der Waals surface area contributed by atoms with Crippen molar-refractivity contribution in [2.24, 2.45) is 0 Å². The van der Waals surface area contributed by atoms with Crippen LogP contribution in [0.15, 0.2) is 72.8 Å². The first kappa shape index (κ1) is 24.8. The fourth-order valence-corrected chi connectivity index (χ4v) is 5.01. The highest BCUT2D eigenvalue weighted by Gasteiger charge is 2.16. The number of aryl methyl sites for hydroxylation is 3. The Labute approximate surface area is 230 Å². The maximum Gasteiger partial charge on any atom is 0.180 e. The van der Waals surface area contributed by atoms with Crippen LogP contribution in [0.4, 0.5) is 0 Å². The first-order valence-electron chi connectivity index (χ1n) is 12.7. The van der Waals surface area contributed by atoms with E-state index in [0.717, 1.165) is 56.9 Å². The van der Waals surface area contributed by atoms with Gasteiger partial charge in [-0.2, -0.15) is 0 Å². The summed E-state index contributed by atoms with van der Waals surface area (Å²) in [6.07, 6.45) is 0.834. The number of H-pyrrole nitrogens is 1. The van der Waals surface area contributed by atoms with Crippen LogP contribution in [0.3, 0.4) is 0 Å². The number of hydrogen-bond acceptors (Lipinski definition) is 6. The Morgan fingerprint density at radius 2 is 1.72 bits per heavy atom. The third kappa shape index (κ3) is 4.98. The molecule has 0 radical (unpaired) electrons. The van der Waals surface area contributed by atoms with Crippen molar-refractivity contribution in [3.63, 3.8) is 0 Å². The van der Waals surface area contributed by atoms with Gasteiger partial charge in [0, 0.05) is 22.7 Å². The summed E-state index contributed by atoms with van der Waals surface area (Å²) in [6, 6.07) is 23.7. The standard InChI is InChI=1S/C30H26ClN7O/c1-4-27-33-28-18(2)14-19(3)32-30(28)38(27)17-20-8-10-21(11-9-20)26-16-24(39-23-7-5-6-22(31)15-23)12-13-25(26)29-34-36-37-35-29/h5-16H,4,17H2,1-3H3,(H,34,35,36,37). The number of benzene rings is 3. The quantitative estimate of drug-likeness (QED) is 0.237. The molecular formula is C30H26ClN7O. The summed E-state index contributed by atoms with van der Waals surface area (Å²) < 4.78 is 8.33. The molecule has 0 atom stereocenters. The molecule has 0 unspecified atom stereocenters. The Morgan fingerprint density at radius 1 is 0.897 bits per heavy atom. The van der Waals surface area contributed by atoms with Crippen molar-refractivity contribution in [3.8, 4) is 34.0 Å². The van der Waals surface area contributed by atoms with E-state index in [1.165, 1.54) is 0 Å².